The molecule has 0 amide bonds. The Hall–Kier alpha value is -1.53. The third-order valence-corrected chi connectivity index (χ3v) is 3.32. The summed E-state index contributed by atoms with van der Waals surface area (Å²) in [5.74, 6) is -0.197. The van der Waals surface area contributed by atoms with Crippen molar-refractivity contribution in [3.05, 3.63) is 63.9 Å². The van der Waals surface area contributed by atoms with Crippen molar-refractivity contribution < 1.29 is 17.9 Å². The number of rotatable bonds is 6. The number of halogens is 4. The average Bonchev–Trinajstić information content (AvgIpc) is 2.43. The number of benzene rings is 2. The summed E-state index contributed by atoms with van der Waals surface area (Å²) in [6.45, 7) is -2.29. The topological polar surface area (TPSA) is 21.3 Å². The molecule has 0 bridgehead atoms. The van der Waals surface area contributed by atoms with Crippen molar-refractivity contribution >= 4 is 15.9 Å². The molecule has 0 fully saturated rings. The van der Waals surface area contributed by atoms with Crippen LogP contribution in [0.5, 0.6) is 5.75 Å². The molecule has 0 unspecified atom stereocenters. The predicted octanol–water partition coefficient (Wildman–Crippen LogP) is 4.48. The van der Waals surface area contributed by atoms with E-state index in [9.17, 15) is 13.2 Å². The molecule has 2 aromatic rings. The largest absolute Gasteiger partial charge is 0.434 e. The van der Waals surface area contributed by atoms with Crippen molar-refractivity contribution in [1.29, 1.82) is 0 Å². The number of hydrogen-bond acceptors (Lipinski definition) is 2. The second-order valence-corrected chi connectivity index (χ2v) is 5.24. The summed E-state index contributed by atoms with van der Waals surface area (Å²) >= 11 is 3.28. The van der Waals surface area contributed by atoms with Gasteiger partial charge in [-0.25, -0.2) is 4.39 Å². The summed E-state index contributed by atoms with van der Waals surface area (Å²) in [4.78, 5) is 0. The van der Waals surface area contributed by atoms with E-state index in [1.54, 1.807) is 30.3 Å². The zero-order valence-electron chi connectivity index (χ0n) is 11.0. The number of ether oxygens (including phenoxy) is 1. The van der Waals surface area contributed by atoms with E-state index < -0.39 is 6.61 Å². The third-order valence-electron chi connectivity index (χ3n) is 2.83. The number of hydrogen-bond donors (Lipinski definition) is 1. The first kappa shape index (κ1) is 15.9. The molecule has 0 radical (unpaired) electrons. The SMILES string of the molecule is Fc1ccccc1CNCc1cc(Br)ccc1OC(F)F. The normalized spacial score (nSPS) is 10.9. The molecule has 0 atom stereocenters. The molecule has 6 heteroatoms. The molecule has 21 heavy (non-hydrogen) atoms. The Kier molecular flexibility index (Phi) is 5.64. The fraction of sp³-hybridized carbons (Fsp3) is 0.200. The molecule has 2 nitrogen and oxygen atoms in total. The molecule has 1 N–H and O–H groups in total. The van der Waals surface area contributed by atoms with E-state index in [-0.39, 0.29) is 18.1 Å². The van der Waals surface area contributed by atoms with Crippen LogP contribution >= 0.6 is 15.9 Å². The highest BCUT2D eigenvalue weighted by atomic mass is 79.9. The molecule has 2 rings (SSSR count). The van der Waals surface area contributed by atoms with Crippen molar-refractivity contribution in [1.82, 2.24) is 5.32 Å². The lowest BCUT2D eigenvalue weighted by atomic mass is 10.2. The van der Waals surface area contributed by atoms with Gasteiger partial charge in [-0.1, -0.05) is 34.1 Å². The van der Waals surface area contributed by atoms with Crippen LogP contribution in [0, 0.1) is 5.82 Å². The van der Waals surface area contributed by atoms with Crippen LogP contribution in [0.25, 0.3) is 0 Å². The summed E-state index contributed by atoms with van der Waals surface area (Å²) < 4.78 is 43.3. The van der Waals surface area contributed by atoms with Gasteiger partial charge in [0.1, 0.15) is 11.6 Å². The first-order valence-electron chi connectivity index (χ1n) is 6.23. The smallest absolute Gasteiger partial charge is 0.387 e. The zero-order chi connectivity index (χ0) is 15.2. The Morgan fingerprint density at radius 2 is 1.76 bits per heavy atom. The molecule has 0 spiro atoms. The summed E-state index contributed by atoms with van der Waals surface area (Å²) in [6, 6.07) is 11.2. The van der Waals surface area contributed by atoms with Crippen LogP contribution < -0.4 is 10.1 Å². The van der Waals surface area contributed by atoms with E-state index >= 15 is 0 Å². The van der Waals surface area contributed by atoms with Gasteiger partial charge in [0.25, 0.3) is 0 Å². The monoisotopic (exact) mass is 359 g/mol. The maximum atomic E-state index is 13.5. The van der Waals surface area contributed by atoms with Crippen molar-refractivity contribution in [2.45, 2.75) is 19.7 Å². The molecule has 0 aliphatic heterocycles. The molecular weight excluding hydrogens is 347 g/mol. The Bertz CT molecular complexity index is 607. The number of nitrogens with one attached hydrogen (secondary N) is 1. The Morgan fingerprint density at radius 1 is 1.05 bits per heavy atom. The van der Waals surface area contributed by atoms with Crippen LogP contribution in [0.2, 0.25) is 0 Å². The van der Waals surface area contributed by atoms with Gasteiger partial charge in [0, 0.05) is 28.7 Å². The molecule has 0 heterocycles. The highest BCUT2D eigenvalue weighted by Crippen LogP contribution is 2.24. The van der Waals surface area contributed by atoms with Crippen LogP contribution in [0.3, 0.4) is 0 Å². The van der Waals surface area contributed by atoms with Gasteiger partial charge >= 0.3 is 6.61 Å². The lowest BCUT2D eigenvalue weighted by Crippen LogP contribution is -2.15. The average molecular weight is 360 g/mol. The van der Waals surface area contributed by atoms with E-state index in [0.29, 0.717) is 17.7 Å². The van der Waals surface area contributed by atoms with Gasteiger partial charge in [-0.15, -0.1) is 0 Å². The quantitative estimate of drug-likeness (QED) is 0.820. The van der Waals surface area contributed by atoms with Crippen molar-refractivity contribution in [3.63, 3.8) is 0 Å². The highest BCUT2D eigenvalue weighted by Gasteiger charge is 2.10. The van der Waals surface area contributed by atoms with Crippen LogP contribution in [0.15, 0.2) is 46.9 Å². The van der Waals surface area contributed by atoms with Crippen LogP contribution in [-0.2, 0) is 13.1 Å². The molecular formula is C15H13BrF3NO. The van der Waals surface area contributed by atoms with Crippen molar-refractivity contribution in [2.24, 2.45) is 0 Å². The van der Waals surface area contributed by atoms with Gasteiger partial charge in [-0.2, -0.15) is 8.78 Å². The molecule has 2 aromatic carbocycles. The number of alkyl halides is 2. The maximum absolute atomic E-state index is 13.5. The van der Waals surface area contributed by atoms with Crippen LogP contribution in [0.1, 0.15) is 11.1 Å². The van der Waals surface area contributed by atoms with Crippen LogP contribution in [-0.4, -0.2) is 6.61 Å². The van der Waals surface area contributed by atoms with E-state index in [0.717, 1.165) is 4.47 Å². The highest BCUT2D eigenvalue weighted by molar-refractivity contribution is 9.10. The van der Waals surface area contributed by atoms with E-state index in [4.69, 9.17) is 0 Å². The fourth-order valence-electron chi connectivity index (χ4n) is 1.87. The summed E-state index contributed by atoms with van der Waals surface area (Å²) in [5.41, 5.74) is 1.09. The third kappa shape index (κ3) is 4.75. The van der Waals surface area contributed by atoms with E-state index in [2.05, 4.69) is 26.0 Å². The first-order valence-corrected chi connectivity index (χ1v) is 7.03. The zero-order valence-corrected chi connectivity index (χ0v) is 12.5. The maximum Gasteiger partial charge on any atom is 0.387 e. The molecule has 0 saturated carbocycles. The van der Waals surface area contributed by atoms with E-state index in [1.807, 2.05) is 0 Å². The molecule has 0 saturated heterocycles. The van der Waals surface area contributed by atoms with Crippen molar-refractivity contribution in [3.8, 4) is 5.75 Å². The minimum Gasteiger partial charge on any atom is -0.434 e. The fourth-order valence-corrected chi connectivity index (χ4v) is 2.28. The molecule has 0 aliphatic rings. The predicted molar refractivity (Wildman–Crippen MR) is 77.7 cm³/mol. The second kappa shape index (κ2) is 7.47. The molecule has 112 valence electrons. The summed E-state index contributed by atoms with van der Waals surface area (Å²) in [5, 5.41) is 3.01. The second-order valence-electron chi connectivity index (χ2n) is 4.33. The van der Waals surface area contributed by atoms with Gasteiger partial charge in [-0.3, -0.25) is 0 Å². The Morgan fingerprint density at radius 3 is 2.48 bits per heavy atom. The lowest BCUT2D eigenvalue weighted by Gasteiger charge is -2.12. The van der Waals surface area contributed by atoms with Crippen molar-refractivity contribution in [2.75, 3.05) is 0 Å². The van der Waals surface area contributed by atoms with Gasteiger partial charge in [0.2, 0.25) is 0 Å². The minimum atomic E-state index is -2.88. The van der Waals surface area contributed by atoms with Gasteiger partial charge in [0.05, 0.1) is 0 Å². The Labute approximate surface area is 129 Å². The van der Waals surface area contributed by atoms with E-state index in [1.165, 1.54) is 12.1 Å². The molecule has 0 aliphatic carbocycles. The molecule has 0 aromatic heterocycles. The standard InChI is InChI=1S/C15H13BrF3NO/c16-12-5-6-14(21-15(18)19)11(7-12)9-20-8-10-3-1-2-4-13(10)17/h1-7,15,20H,8-9H2. The minimum absolute atomic E-state index is 0.106. The lowest BCUT2D eigenvalue weighted by molar-refractivity contribution is -0.0505. The summed E-state index contributed by atoms with van der Waals surface area (Å²) in [7, 11) is 0. The van der Waals surface area contributed by atoms with Crippen LogP contribution in [0.4, 0.5) is 13.2 Å². The van der Waals surface area contributed by atoms with Gasteiger partial charge < -0.3 is 10.1 Å². The Balaban J connectivity index is 2.02. The van der Waals surface area contributed by atoms with Gasteiger partial charge in [-0.05, 0) is 24.3 Å². The van der Waals surface area contributed by atoms with Gasteiger partial charge in [0.15, 0.2) is 0 Å². The first-order chi connectivity index (χ1) is 10.1. The summed E-state index contributed by atoms with van der Waals surface area (Å²) in [6.07, 6.45) is 0.